The van der Waals surface area contributed by atoms with Gasteiger partial charge >= 0.3 is 12.1 Å². The van der Waals surface area contributed by atoms with Crippen LogP contribution in [-0.4, -0.2) is 65.5 Å². The number of carbonyl (C=O) groups is 1. The number of benzene rings is 1. The summed E-state index contributed by atoms with van der Waals surface area (Å²) in [5.74, 6) is -0.134. The number of aromatic nitrogens is 2. The Balaban J connectivity index is 1.68. The van der Waals surface area contributed by atoms with Crippen molar-refractivity contribution in [2.45, 2.75) is 45.4 Å². The van der Waals surface area contributed by atoms with Crippen LogP contribution in [0.4, 0.5) is 15.0 Å². The molecule has 3 heterocycles. The molecular weight excluding hydrogens is 519 g/mol. The van der Waals surface area contributed by atoms with Crippen molar-refractivity contribution in [1.29, 1.82) is 0 Å². The maximum Gasteiger partial charge on any atom is 0.411 e. The molecule has 8 nitrogen and oxygen atoms in total. The van der Waals surface area contributed by atoms with Gasteiger partial charge in [0, 0.05) is 24.7 Å². The molecule has 2 aliphatic heterocycles. The van der Waals surface area contributed by atoms with E-state index in [1.807, 2.05) is 38.7 Å². The minimum absolute atomic E-state index is 0.0295. The summed E-state index contributed by atoms with van der Waals surface area (Å²) in [5, 5.41) is 0.658. The van der Waals surface area contributed by atoms with Crippen molar-refractivity contribution in [2.24, 2.45) is 0 Å². The fourth-order valence-electron chi connectivity index (χ4n) is 3.70. The molecule has 33 heavy (non-hydrogen) atoms. The molecule has 11 heteroatoms. The number of nitrogens with zero attached hydrogens (tertiary/aromatic N) is 4. The first-order valence-electron chi connectivity index (χ1n) is 10.5. The highest BCUT2D eigenvalue weighted by molar-refractivity contribution is 9.10. The molecule has 0 saturated heterocycles. The lowest BCUT2D eigenvalue weighted by molar-refractivity contribution is 0.0231. The predicted molar refractivity (Wildman–Crippen MR) is 126 cm³/mol. The van der Waals surface area contributed by atoms with E-state index in [0.29, 0.717) is 24.3 Å². The normalized spacial score (nSPS) is 18.7. The molecule has 2 aliphatic rings. The van der Waals surface area contributed by atoms with Crippen LogP contribution >= 0.6 is 27.5 Å². The Kier molecular flexibility index (Phi) is 6.45. The van der Waals surface area contributed by atoms with Crippen molar-refractivity contribution in [1.82, 2.24) is 14.9 Å². The number of methoxy groups -OCH3 is 1. The first-order valence-corrected chi connectivity index (χ1v) is 11.6. The maximum absolute atomic E-state index is 15.1. The number of amides is 1. The van der Waals surface area contributed by atoms with Gasteiger partial charge in [-0.05, 0) is 55.8 Å². The molecule has 1 amide bonds. The minimum Gasteiger partial charge on any atom is -0.461 e. The molecule has 4 rings (SSSR count). The number of hydrogen-bond acceptors (Lipinski definition) is 7. The van der Waals surface area contributed by atoms with Crippen LogP contribution < -0.4 is 9.64 Å². The Morgan fingerprint density at radius 2 is 2.12 bits per heavy atom. The number of rotatable bonds is 5. The summed E-state index contributed by atoms with van der Waals surface area (Å²) >= 11 is 9.42. The smallest absolute Gasteiger partial charge is 0.411 e. The molecule has 0 aliphatic carbocycles. The quantitative estimate of drug-likeness (QED) is 0.495. The number of ether oxygens (including phenoxy) is 3. The summed E-state index contributed by atoms with van der Waals surface area (Å²) < 4.78 is 31.6. The number of halogens is 3. The fraction of sp³-hybridized carbons (Fsp3) is 0.500. The first kappa shape index (κ1) is 24.0. The monoisotopic (exact) mass is 542 g/mol. The molecule has 0 unspecified atom stereocenters. The van der Waals surface area contributed by atoms with Crippen LogP contribution in [-0.2, 0) is 9.47 Å². The van der Waals surface area contributed by atoms with E-state index in [-0.39, 0.29) is 45.9 Å². The molecule has 178 valence electrons. The van der Waals surface area contributed by atoms with Gasteiger partial charge in [-0.3, -0.25) is 4.90 Å². The summed E-state index contributed by atoms with van der Waals surface area (Å²) in [5.41, 5.74) is 0.365. The molecule has 2 atom stereocenters. The lowest BCUT2D eigenvalue weighted by Crippen LogP contribution is -2.48. The van der Waals surface area contributed by atoms with Gasteiger partial charge in [0.25, 0.3) is 0 Å². The molecule has 0 saturated carbocycles. The molecule has 0 N–H and O–H groups in total. The molecule has 0 fully saturated rings. The fourth-order valence-corrected chi connectivity index (χ4v) is 4.19. The molecule has 1 aromatic carbocycles. The highest BCUT2D eigenvalue weighted by Crippen LogP contribution is 2.40. The van der Waals surface area contributed by atoms with E-state index in [4.69, 9.17) is 25.8 Å². The Morgan fingerprint density at radius 1 is 1.39 bits per heavy atom. The van der Waals surface area contributed by atoms with Crippen LogP contribution in [0.15, 0.2) is 22.3 Å². The lowest BCUT2D eigenvalue weighted by atomic mass is 10.2. The van der Waals surface area contributed by atoms with Crippen molar-refractivity contribution in [3.8, 4) is 6.01 Å². The largest absolute Gasteiger partial charge is 0.461 e. The van der Waals surface area contributed by atoms with Crippen molar-refractivity contribution in [2.75, 3.05) is 31.7 Å². The zero-order chi connectivity index (χ0) is 24.1. The molecule has 2 bridgehead atoms. The third kappa shape index (κ3) is 4.74. The zero-order valence-electron chi connectivity index (χ0n) is 19.0. The van der Waals surface area contributed by atoms with Gasteiger partial charge in [0.1, 0.15) is 23.5 Å². The SMILES string of the molecule is CO[C@@H](C)COc1nc(N2C[C@@H]3C=C2CN3C(=O)OC(C)(C)C)c2cc(Cl)c(Br)c(F)c2n1. The molecular formula is C22H25BrClFN4O4. The standard InChI is InChI=1S/C22H25BrClFN4O4/c1-11(31-5)10-32-20-26-18-14(7-15(24)16(23)17(18)25)19(27-20)28-8-13-6-12(28)9-29(13)21(30)33-22(2,3)4/h6-7,11,13H,8-10H2,1-5H3/t11-,13-/m0/s1. The number of carbonyl (C=O) groups excluding carboxylic acids is 1. The molecule has 0 spiro atoms. The van der Waals surface area contributed by atoms with Crippen molar-refractivity contribution in [3.05, 3.63) is 33.2 Å². The van der Waals surface area contributed by atoms with Crippen molar-refractivity contribution < 1.29 is 23.4 Å². The summed E-state index contributed by atoms with van der Waals surface area (Å²) in [6, 6.07) is 1.47. The number of fused-ring (bicyclic) bond motifs is 2. The lowest BCUT2D eigenvalue weighted by Gasteiger charge is -2.35. The molecule has 0 radical (unpaired) electrons. The second-order valence-electron chi connectivity index (χ2n) is 9.01. The van der Waals surface area contributed by atoms with Crippen LogP contribution in [0.1, 0.15) is 27.7 Å². The summed E-state index contributed by atoms with van der Waals surface area (Å²) in [6.07, 6.45) is 1.42. The average Bonchev–Trinajstić information content (AvgIpc) is 3.35. The topological polar surface area (TPSA) is 77.0 Å². The van der Waals surface area contributed by atoms with E-state index < -0.39 is 11.4 Å². The highest BCUT2D eigenvalue weighted by atomic mass is 79.9. The van der Waals surface area contributed by atoms with Gasteiger partial charge < -0.3 is 19.1 Å². The van der Waals surface area contributed by atoms with E-state index in [0.717, 1.165) is 5.70 Å². The van der Waals surface area contributed by atoms with Gasteiger partial charge in [0.05, 0.1) is 28.2 Å². The van der Waals surface area contributed by atoms with E-state index in [1.54, 1.807) is 18.1 Å². The van der Waals surface area contributed by atoms with E-state index in [1.165, 1.54) is 0 Å². The third-order valence-electron chi connectivity index (χ3n) is 5.35. The van der Waals surface area contributed by atoms with Crippen molar-refractivity contribution in [3.63, 3.8) is 0 Å². The van der Waals surface area contributed by atoms with Gasteiger partial charge in [0.2, 0.25) is 0 Å². The van der Waals surface area contributed by atoms with E-state index in [9.17, 15) is 4.79 Å². The van der Waals surface area contributed by atoms with Crippen molar-refractivity contribution >= 4 is 50.3 Å². The maximum atomic E-state index is 15.1. The van der Waals surface area contributed by atoms with E-state index in [2.05, 4.69) is 25.9 Å². The minimum atomic E-state index is -0.598. The van der Waals surface area contributed by atoms with E-state index >= 15 is 4.39 Å². The summed E-state index contributed by atoms with van der Waals surface area (Å²) in [6.45, 7) is 8.34. The van der Waals surface area contributed by atoms with Crippen LogP contribution in [0.3, 0.4) is 0 Å². The number of anilines is 1. The predicted octanol–water partition coefficient (Wildman–Crippen LogP) is 4.92. The van der Waals surface area contributed by atoms with Crippen LogP contribution in [0.25, 0.3) is 10.9 Å². The van der Waals surface area contributed by atoms with Crippen LogP contribution in [0, 0.1) is 5.82 Å². The van der Waals surface area contributed by atoms with Crippen LogP contribution in [0.2, 0.25) is 5.02 Å². The van der Waals surface area contributed by atoms with Gasteiger partial charge in [-0.15, -0.1) is 0 Å². The number of piperazine rings is 1. The Hall–Kier alpha value is -2.17. The second kappa shape index (κ2) is 8.88. The third-order valence-corrected chi connectivity index (χ3v) is 6.65. The van der Waals surface area contributed by atoms with Gasteiger partial charge in [-0.2, -0.15) is 9.97 Å². The Bertz CT molecular complexity index is 1140. The first-order chi connectivity index (χ1) is 15.5. The van der Waals surface area contributed by atoms with Gasteiger partial charge in [0.15, 0.2) is 5.82 Å². The summed E-state index contributed by atoms with van der Waals surface area (Å²) in [4.78, 5) is 25.0. The summed E-state index contributed by atoms with van der Waals surface area (Å²) in [7, 11) is 1.57. The van der Waals surface area contributed by atoms with Crippen LogP contribution in [0.5, 0.6) is 6.01 Å². The number of hydrogen-bond donors (Lipinski definition) is 0. The molecule has 2 aromatic rings. The molecule has 1 aromatic heterocycles. The average molecular weight is 544 g/mol. The Morgan fingerprint density at radius 3 is 2.73 bits per heavy atom. The van der Waals surface area contributed by atoms with Gasteiger partial charge in [-0.25, -0.2) is 9.18 Å². The highest BCUT2D eigenvalue weighted by Gasteiger charge is 2.42. The Labute approximate surface area is 204 Å². The second-order valence-corrected chi connectivity index (χ2v) is 10.2. The van der Waals surface area contributed by atoms with Gasteiger partial charge in [-0.1, -0.05) is 11.6 Å². The zero-order valence-corrected chi connectivity index (χ0v) is 21.3.